The van der Waals surface area contributed by atoms with E-state index in [9.17, 15) is 4.79 Å². The SMILES string of the molecule is [N-]=[N+]=NCCOCCOCCOCCOCCOCCC(=O)CCCCCn1nc(-c2ccc3oc(N)nc3c2)c2c(N)ncnc21. The number of nitrogens with zero attached hydrogens (tertiary/aromatic N) is 8. The number of hydrogen-bond donors (Lipinski definition) is 2. The second-order valence-corrected chi connectivity index (χ2v) is 10.4. The Morgan fingerprint density at radius 3 is 2.26 bits per heavy atom. The fraction of sp³-hybridized carbons (Fsp3) is 0.567. The number of ether oxygens (including phenoxy) is 5. The highest BCUT2D eigenvalue weighted by molar-refractivity contribution is 5.99. The van der Waals surface area contributed by atoms with Crippen molar-refractivity contribution >= 4 is 39.7 Å². The van der Waals surface area contributed by atoms with E-state index in [4.69, 9.17) is 50.2 Å². The number of aromatic nitrogens is 5. The maximum Gasteiger partial charge on any atom is 0.292 e. The molecule has 0 aliphatic rings. The smallest absolute Gasteiger partial charge is 0.292 e. The van der Waals surface area contributed by atoms with Crippen molar-refractivity contribution in [1.29, 1.82) is 0 Å². The molecule has 0 amide bonds. The number of carbonyl (C=O) groups excluding carboxylic acids is 1. The van der Waals surface area contributed by atoms with Crippen molar-refractivity contribution < 1.29 is 32.9 Å². The molecule has 0 spiro atoms. The number of aryl methyl sites for hydroxylation is 1. The van der Waals surface area contributed by atoms with Gasteiger partial charge in [0, 0.05) is 36.4 Å². The number of nitrogen functional groups attached to an aromatic ring is 2. The Morgan fingerprint density at radius 1 is 0.872 bits per heavy atom. The first-order chi connectivity index (χ1) is 23.1. The number of unbranched alkanes of at least 4 members (excludes halogenated alkanes) is 2. The van der Waals surface area contributed by atoms with Crippen LogP contribution >= 0.6 is 0 Å². The first-order valence-corrected chi connectivity index (χ1v) is 15.6. The number of anilines is 2. The van der Waals surface area contributed by atoms with E-state index in [1.54, 1.807) is 6.07 Å². The van der Waals surface area contributed by atoms with Gasteiger partial charge in [-0.1, -0.05) is 11.5 Å². The van der Waals surface area contributed by atoms with Crippen molar-refractivity contribution in [1.82, 2.24) is 24.7 Å². The van der Waals surface area contributed by atoms with Gasteiger partial charge < -0.3 is 39.6 Å². The van der Waals surface area contributed by atoms with E-state index < -0.39 is 0 Å². The van der Waals surface area contributed by atoms with Crippen LogP contribution < -0.4 is 11.5 Å². The van der Waals surface area contributed by atoms with Crippen molar-refractivity contribution in [3.63, 3.8) is 0 Å². The topological polar surface area (TPSA) is 234 Å². The molecule has 17 heteroatoms. The lowest BCUT2D eigenvalue weighted by atomic mass is 10.1. The van der Waals surface area contributed by atoms with Gasteiger partial charge in [0.05, 0.1) is 71.5 Å². The number of hydrogen-bond acceptors (Lipinski definition) is 14. The van der Waals surface area contributed by atoms with Crippen molar-refractivity contribution in [3.8, 4) is 11.3 Å². The van der Waals surface area contributed by atoms with Gasteiger partial charge in [0.25, 0.3) is 6.01 Å². The van der Waals surface area contributed by atoms with Crippen LogP contribution in [0.15, 0.2) is 34.1 Å². The molecule has 0 bridgehead atoms. The van der Waals surface area contributed by atoms with Crippen molar-refractivity contribution in [3.05, 3.63) is 35.0 Å². The number of azide groups is 1. The number of nitrogens with two attached hydrogens (primary N) is 2. The molecule has 0 saturated carbocycles. The van der Waals surface area contributed by atoms with Gasteiger partial charge in [0.15, 0.2) is 11.2 Å². The summed E-state index contributed by atoms with van der Waals surface area (Å²) in [6.07, 6.45) is 4.80. The summed E-state index contributed by atoms with van der Waals surface area (Å²) in [5.41, 5.74) is 23.4. The van der Waals surface area contributed by atoms with Crippen LogP contribution in [-0.4, -0.2) is 103 Å². The highest BCUT2D eigenvalue weighted by atomic mass is 16.6. The Balaban J connectivity index is 1.02. The van der Waals surface area contributed by atoms with Crippen LogP contribution in [0.1, 0.15) is 32.1 Å². The molecule has 0 unspecified atom stereocenters. The average molecular weight is 655 g/mol. The molecule has 0 fully saturated rings. The van der Waals surface area contributed by atoms with Crippen LogP contribution in [0.25, 0.3) is 43.8 Å². The third-order valence-electron chi connectivity index (χ3n) is 6.97. The van der Waals surface area contributed by atoms with Crippen LogP contribution in [0.2, 0.25) is 0 Å². The normalized spacial score (nSPS) is 11.4. The van der Waals surface area contributed by atoms with Gasteiger partial charge in [0.2, 0.25) is 0 Å². The molecule has 0 aliphatic carbocycles. The zero-order valence-corrected chi connectivity index (χ0v) is 26.4. The van der Waals surface area contributed by atoms with E-state index in [1.807, 2.05) is 16.8 Å². The molecule has 3 aromatic heterocycles. The third kappa shape index (κ3) is 11.7. The zero-order valence-electron chi connectivity index (χ0n) is 26.4. The lowest BCUT2D eigenvalue weighted by Gasteiger charge is -2.08. The largest absolute Gasteiger partial charge is 0.424 e. The maximum absolute atomic E-state index is 12.3. The summed E-state index contributed by atoms with van der Waals surface area (Å²) in [4.78, 5) is 27.7. The second kappa shape index (κ2) is 20.0. The molecular weight excluding hydrogens is 612 g/mol. The Hall–Kier alpha value is -4.38. The summed E-state index contributed by atoms with van der Waals surface area (Å²) in [6.45, 7) is 5.29. The minimum Gasteiger partial charge on any atom is -0.424 e. The van der Waals surface area contributed by atoms with Crippen molar-refractivity contribution in [2.24, 2.45) is 5.11 Å². The summed E-state index contributed by atoms with van der Waals surface area (Å²) in [5, 5.41) is 8.86. The minimum atomic E-state index is 0.102. The van der Waals surface area contributed by atoms with Crippen molar-refractivity contribution in [2.75, 3.05) is 84.1 Å². The van der Waals surface area contributed by atoms with Crippen LogP contribution in [0, 0.1) is 0 Å². The number of rotatable bonds is 25. The van der Waals surface area contributed by atoms with E-state index in [2.05, 4.69) is 25.0 Å². The average Bonchev–Trinajstić information content (AvgIpc) is 3.63. The predicted molar refractivity (Wildman–Crippen MR) is 173 cm³/mol. The molecule has 0 aliphatic heterocycles. The number of carbonyl (C=O) groups is 1. The monoisotopic (exact) mass is 654 g/mol. The van der Waals surface area contributed by atoms with Crippen LogP contribution in [-0.2, 0) is 35.0 Å². The molecule has 47 heavy (non-hydrogen) atoms. The summed E-state index contributed by atoms with van der Waals surface area (Å²) < 4.78 is 34.2. The summed E-state index contributed by atoms with van der Waals surface area (Å²) >= 11 is 0. The molecule has 0 radical (unpaired) electrons. The molecule has 0 atom stereocenters. The first kappa shape index (κ1) is 35.5. The van der Waals surface area contributed by atoms with Crippen LogP contribution in [0.5, 0.6) is 0 Å². The summed E-state index contributed by atoms with van der Waals surface area (Å²) in [5.74, 6) is 0.528. The fourth-order valence-electron chi connectivity index (χ4n) is 4.68. The molecule has 1 aromatic carbocycles. The van der Waals surface area contributed by atoms with Gasteiger partial charge in [-0.15, -0.1) is 0 Å². The lowest BCUT2D eigenvalue weighted by Crippen LogP contribution is -2.14. The molecule has 0 saturated heterocycles. The highest BCUT2D eigenvalue weighted by Crippen LogP contribution is 2.32. The molecule has 4 rings (SSSR count). The van der Waals surface area contributed by atoms with E-state index in [0.29, 0.717) is 126 Å². The summed E-state index contributed by atoms with van der Waals surface area (Å²) in [7, 11) is 0. The van der Waals surface area contributed by atoms with Crippen molar-refractivity contribution in [2.45, 2.75) is 38.6 Å². The number of benzene rings is 1. The van der Waals surface area contributed by atoms with Gasteiger partial charge in [-0.3, -0.25) is 4.79 Å². The van der Waals surface area contributed by atoms with Crippen LogP contribution in [0.3, 0.4) is 0 Å². The van der Waals surface area contributed by atoms with E-state index in [0.717, 1.165) is 24.8 Å². The maximum atomic E-state index is 12.3. The van der Waals surface area contributed by atoms with Crippen LogP contribution in [0.4, 0.5) is 11.8 Å². The second-order valence-electron chi connectivity index (χ2n) is 10.4. The Morgan fingerprint density at radius 2 is 1.55 bits per heavy atom. The Labute approximate surface area is 271 Å². The van der Waals surface area contributed by atoms with Gasteiger partial charge in [0.1, 0.15) is 29.1 Å². The van der Waals surface area contributed by atoms with Gasteiger partial charge in [-0.2, -0.15) is 10.1 Å². The number of ketones is 1. The molecule has 17 nitrogen and oxygen atoms in total. The first-order valence-electron chi connectivity index (χ1n) is 15.6. The van der Waals surface area contributed by atoms with E-state index >= 15 is 0 Å². The number of oxazole rings is 1. The standard InChI is InChI=1S/C30H42N10O7/c31-28-26-27(22-5-6-25-24(20-22)37-30(32)47-25)38-40(29(26)35-21-34-28)9-3-1-2-4-23(41)7-10-42-12-14-44-16-18-46-19-17-45-15-13-43-11-8-36-39-33/h5-6,20-21H,1-4,7-19H2,(H2,32,37)(H2,31,34,35). The van der Waals surface area contributed by atoms with Gasteiger partial charge in [-0.25, -0.2) is 14.6 Å². The third-order valence-corrected chi connectivity index (χ3v) is 6.97. The molecule has 4 N–H and O–H groups in total. The molecule has 3 heterocycles. The number of Topliss-reactive ketones (excluding diaryl/α,β-unsaturated/α-hetero) is 1. The zero-order chi connectivity index (χ0) is 33.1. The molecular formula is C30H42N10O7. The minimum absolute atomic E-state index is 0.102. The predicted octanol–water partition coefficient (Wildman–Crippen LogP) is 3.71. The highest BCUT2D eigenvalue weighted by Gasteiger charge is 2.18. The quantitative estimate of drug-likeness (QED) is 0.0449. The van der Waals surface area contributed by atoms with E-state index in [1.165, 1.54) is 6.33 Å². The number of fused-ring (bicyclic) bond motifs is 2. The van der Waals surface area contributed by atoms with Gasteiger partial charge >= 0.3 is 0 Å². The molecule has 4 aromatic rings. The Bertz CT molecular complexity index is 1590. The molecule has 254 valence electrons. The fourth-order valence-corrected chi connectivity index (χ4v) is 4.68. The lowest BCUT2D eigenvalue weighted by molar-refractivity contribution is -0.120. The van der Waals surface area contributed by atoms with E-state index in [-0.39, 0.29) is 11.8 Å². The Kier molecular flexibility index (Phi) is 15.1. The summed E-state index contributed by atoms with van der Waals surface area (Å²) in [6, 6.07) is 5.63. The van der Waals surface area contributed by atoms with Gasteiger partial charge in [-0.05, 0) is 36.6 Å².